The molecule has 0 aliphatic heterocycles. The first kappa shape index (κ1) is 19.9. The van der Waals surface area contributed by atoms with Crippen LogP contribution in [-0.2, 0) is 6.54 Å². The van der Waals surface area contributed by atoms with E-state index in [-0.39, 0.29) is 5.91 Å². The number of rotatable bonds is 6. The molecule has 0 bridgehead atoms. The van der Waals surface area contributed by atoms with Gasteiger partial charge in [0.2, 0.25) is 0 Å². The van der Waals surface area contributed by atoms with Gasteiger partial charge in [-0.25, -0.2) is 4.98 Å². The minimum atomic E-state index is -0.142. The number of aromatic nitrogens is 1. The van der Waals surface area contributed by atoms with Gasteiger partial charge in [0, 0.05) is 38.0 Å². The van der Waals surface area contributed by atoms with Crippen molar-refractivity contribution in [2.24, 2.45) is 0 Å². The van der Waals surface area contributed by atoms with Gasteiger partial charge >= 0.3 is 0 Å². The molecular formula is C23H24N5OS+. The van der Waals surface area contributed by atoms with E-state index in [2.05, 4.69) is 39.6 Å². The predicted molar refractivity (Wildman–Crippen MR) is 125 cm³/mol. The number of nitrogens with one attached hydrogen (secondary N) is 2. The normalized spacial score (nSPS) is 10.8. The second kappa shape index (κ2) is 8.52. The molecule has 0 atom stereocenters. The van der Waals surface area contributed by atoms with E-state index in [1.165, 1.54) is 4.70 Å². The van der Waals surface area contributed by atoms with Crippen molar-refractivity contribution >= 4 is 49.7 Å². The van der Waals surface area contributed by atoms with Crippen LogP contribution >= 0.6 is 11.3 Å². The van der Waals surface area contributed by atoms with Crippen LogP contribution in [0.3, 0.4) is 0 Å². The Labute approximate surface area is 179 Å². The first-order valence-corrected chi connectivity index (χ1v) is 10.4. The van der Waals surface area contributed by atoms with E-state index < -0.39 is 0 Å². The van der Waals surface area contributed by atoms with E-state index in [0.717, 1.165) is 33.3 Å². The summed E-state index contributed by atoms with van der Waals surface area (Å²) in [6, 6.07) is 21.3. The van der Waals surface area contributed by atoms with Gasteiger partial charge in [-0.2, -0.15) is 0 Å². The summed E-state index contributed by atoms with van der Waals surface area (Å²) < 4.78 is 1.17. The number of hydrogen-bond acceptors (Lipinski definition) is 5. The molecule has 0 aliphatic carbocycles. The highest BCUT2D eigenvalue weighted by Gasteiger charge is 2.09. The fraction of sp³-hybridized carbons (Fsp3) is 0.130. The Bertz CT molecular complexity index is 1180. The maximum absolute atomic E-state index is 12.5. The Morgan fingerprint density at radius 3 is 2.57 bits per heavy atom. The standard InChI is InChI=1S/C23H23N5OS/c1-28(2)23-27-20-13-17(11-12-21(20)30-23)25-14-15-7-9-16(10-8-15)22(29)26-19-6-4-3-5-18(19)24/h3-13,25H,14,24H2,1-2H3,(H,26,29)/p+1. The minimum Gasteiger partial charge on any atom is -0.381 e. The largest absolute Gasteiger partial charge is 0.381 e. The molecule has 0 spiro atoms. The molecular weight excluding hydrogens is 394 g/mol. The molecule has 4 rings (SSSR count). The molecule has 0 radical (unpaired) electrons. The predicted octanol–water partition coefficient (Wildman–Crippen LogP) is 4.10. The smallest absolute Gasteiger partial charge is 0.255 e. The Morgan fingerprint density at radius 2 is 1.83 bits per heavy atom. The van der Waals surface area contributed by atoms with Crippen molar-refractivity contribution in [1.29, 1.82) is 0 Å². The fourth-order valence-corrected chi connectivity index (χ4v) is 3.90. The maximum Gasteiger partial charge on any atom is 0.255 e. The summed E-state index contributed by atoms with van der Waals surface area (Å²) in [5.41, 5.74) is 9.17. The summed E-state index contributed by atoms with van der Waals surface area (Å²) in [5, 5.41) is 7.33. The van der Waals surface area contributed by atoms with E-state index in [1.54, 1.807) is 11.3 Å². The molecule has 6 nitrogen and oxygen atoms in total. The highest BCUT2D eigenvalue weighted by atomic mass is 32.1. The number of amides is 1. The second-order valence-corrected chi connectivity index (χ2v) is 8.24. The van der Waals surface area contributed by atoms with Crippen molar-refractivity contribution in [2.45, 2.75) is 6.54 Å². The zero-order chi connectivity index (χ0) is 21.1. The monoisotopic (exact) mass is 418 g/mol. The van der Waals surface area contributed by atoms with Crippen LogP contribution in [-0.4, -0.2) is 25.0 Å². The first-order chi connectivity index (χ1) is 14.5. The molecule has 152 valence electrons. The number of hydrogen-bond donors (Lipinski definition) is 3. The Hall–Kier alpha value is -3.42. The molecule has 0 saturated carbocycles. The van der Waals surface area contributed by atoms with E-state index >= 15 is 0 Å². The number of anilines is 3. The molecule has 5 N–H and O–H groups in total. The van der Waals surface area contributed by atoms with Gasteiger partial charge in [0.15, 0.2) is 10.8 Å². The third kappa shape index (κ3) is 4.42. The first-order valence-electron chi connectivity index (χ1n) is 9.63. The van der Waals surface area contributed by atoms with Crippen LogP contribution in [0.1, 0.15) is 15.9 Å². The number of quaternary nitrogens is 1. The maximum atomic E-state index is 12.5. The van der Waals surface area contributed by atoms with Crippen LogP contribution in [0, 0.1) is 0 Å². The van der Waals surface area contributed by atoms with Gasteiger partial charge in [0.1, 0.15) is 5.69 Å². The van der Waals surface area contributed by atoms with E-state index in [1.807, 2.05) is 67.5 Å². The highest BCUT2D eigenvalue weighted by Crippen LogP contribution is 2.29. The van der Waals surface area contributed by atoms with E-state index in [9.17, 15) is 4.79 Å². The average Bonchev–Trinajstić information content (AvgIpc) is 3.18. The Balaban J connectivity index is 1.39. The number of thiazole rings is 1. The van der Waals surface area contributed by atoms with Crippen LogP contribution in [0.4, 0.5) is 22.2 Å². The average molecular weight is 419 g/mol. The second-order valence-electron chi connectivity index (χ2n) is 7.24. The zero-order valence-electron chi connectivity index (χ0n) is 17.0. The van der Waals surface area contributed by atoms with Gasteiger partial charge in [0.25, 0.3) is 5.91 Å². The van der Waals surface area contributed by atoms with Crippen molar-refractivity contribution < 1.29 is 10.5 Å². The number of benzene rings is 3. The Kier molecular flexibility index (Phi) is 5.65. The summed E-state index contributed by atoms with van der Waals surface area (Å²) in [7, 11) is 4.00. The Morgan fingerprint density at radius 1 is 1.07 bits per heavy atom. The van der Waals surface area contributed by atoms with E-state index in [4.69, 9.17) is 0 Å². The number of carbonyl (C=O) groups is 1. The van der Waals surface area contributed by atoms with Crippen LogP contribution in [0.5, 0.6) is 0 Å². The number of fused-ring (bicyclic) bond motifs is 1. The highest BCUT2D eigenvalue weighted by molar-refractivity contribution is 7.22. The molecule has 0 aliphatic rings. The summed E-state index contributed by atoms with van der Waals surface area (Å²) in [6.45, 7) is 0.666. The van der Waals surface area contributed by atoms with Gasteiger partial charge < -0.3 is 21.3 Å². The van der Waals surface area contributed by atoms with Crippen molar-refractivity contribution in [3.63, 3.8) is 0 Å². The van der Waals surface area contributed by atoms with Gasteiger partial charge in [-0.1, -0.05) is 35.6 Å². The minimum absolute atomic E-state index is 0.142. The molecule has 3 aromatic carbocycles. The molecule has 1 amide bonds. The van der Waals surface area contributed by atoms with Crippen molar-refractivity contribution in [1.82, 2.24) is 4.98 Å². The summed E-state index contributed by atoms with van der Waals surface area (Å²) in [4.78, 5) is 19.1. The summed E-state index contributed by atoms with van der Waals surface area (Å²) in [6.07, 6.45) is 0. The summed E-state index contributed by atoms with van der Waals surface area (Å²) >= 11 is 1.68. The van der Waals surface area contributed by atoms with Gasteiger partial charge in [-0.05, 0) is 42.0 Å². The zero-order valence-corrected chi connectivity index (χ0v) is 17.8. The fourth-order valence-electron chi connectivity index (χ4n) is 3.03. The topological polar surface area (TPSA) is 84.9 Å². The lowest BCUT2D eigenvalue weighted by atomic mass is 10.1. The van der Waals surface area contributed by atoms with Crippen LogP contribution < -0.4 is 21.3 Å². The van der Waals surface area contributed by atoms with Crippen molar-refractivity contribution in [2.75, 3.05) is 29.6 Å². The molecule has 0 saturated heterocycles. The van der Waals surface area contributed by atoms with Crippen molar-refractivity contribution in [3.05, 3.63) is 77.9 Å². The van der Waals surface area contributed by atoms with E-state index in [0.29, 0.717) is 12.1 Å². The number of para-hydroxylation sites is 1. The molecule has 4 aromatic rings. The molecule has 30 heavy (non-hydrogen) atoms. The number of nitrogens with zero attached hydrogens (tertiary/aromatic N) is 2. The third-order valence-electron chi connectivity index (χ3n) is 4.74. The third-order valence-corrected chi connectivity index (χ3v) is 5.94. The SMILES string of the molecule is CN(C)c1nc2cc(NCc3ccc(C(=O)Nc4ccccc4[NH3+])cc3)ccc2s1. The van der Waals surface area contributed by atoms with Gasteiger partial charge in [0.05, 0.1) is 10.2 Å². The van der Waals surface area contributed by atoms with Crippen LogP contribution in [0.15, 0.2) is 66.7 Å². The number of carbonyl (C=O) groups excluding carboxylic acids is 1. The van der Waals surface area contributed by atoms with Gasteiger partial charge in [-0.3, -0.25) is 4.79 Å². The summed E-state index contributed by atoms with van der Waals surface area (Å²) in [5.74, 6) is -0.142. The lowest BCUT2D eigenvalue weighted by Crippen LogP contribution is -2.41. The lowest BCUT2D eigenvalue weighted by molar-refractivity contribution is -0.253. The molecule has 1 aromatic heterocycles. The van der Waals surface area contributed by atoms with Crippen molar-refractivity contribution in [3.8, 4) is 0 Å². The van der Waals surface area contributed by atoms with Crippen LogP contribution in [0.25, 0.3) is 10.2 Å². The molecule has 7 heteroatoms. The van der Waals surface area contributed by atoms with Gasteiger partial charge in [-0.15, -0.1) is 0 Å². The van der Waals surface area contributed by atoms with Crippen LogP contribution in [0.2, 0.25) is 0 Å². The molecule has 0 fully saturated rings. The lowest BCUT2D eigenvalue weighted by Gasteiger charge is -2.09. The molecule has 0 unspecified atom stereocenters. The molecule has 1 heterocycles. The quantitative estimate of drug-likeness (QED) is 0.440.